The van der Waals surface area contributed by atoms with Gasteiger partial charge in [-0.3, -0.25) is 14.4 Å². The molecule has 0 aromatic carbocycles. The van der Waals surface area contributed by atoms with E-state index >= 15 is 0 Å². The number of carbonyl (C=O) groups is 3. The molecule has 2 amide bonds. The number of rotatable bonds is 7. The van der Waals surface area contributed by atoms with Crippen LogP contribution in [0.3, 0.4) is 0 Å². The lowest BCUT2D eigenvalue weighted by Crippen LogP contribution is -2.37. The number of halogens is 1. The van der Waals surface area contributed by atoms with E-state index in [-0.39, 0.29) is 37.3 Å². The molecular weight excluding hydrogens is 348 g/mol. The topological polar surface area (TPSA) is 84.5 Å². The average molecular weight is 363 g/mol. The number of hydrogen-bond donors (Lipinski definition) is 2. The van der Waals surface area contributed by atoms with Crippen molar-refractivity contribution in [3.8, 4) is 0 Å². The Hall–Kier alpha value is -1.41. The van der Waals surface area contributed by atoms with E-state index in [0.29, 0.717) is 11.5 Å². The minimum absolute atomic E-state index is 0.116. The van der Waals surface area contributed by atoms with Crippen LogP contribution in [0.25, 0.3) is 0 Å². The van der Waals surface area contributed by atoms with Crippen LogP contribution >= 0.6 is 27.3 Å². The van der Waals surface area contributed by atoms with Crippen molar-refractivity contribution in [2.75, 3.05) is 19.7 Å². The summed E-state index contributed by atoms with van der Waals surface area (Å²) in [5.74, 6) is -1.01. The monoisotopic (exact) mass is 362 g/mol. The molecule has 6 nitrogen and oxygen atoms in total. The summed E-state index contributed by atoms with van der Waals surface area (Å²) in [6, 6.07) is 3.43. The van der Waals surface area contributed by atoms with Gasteiger partial charge >= 0.3 is 5.97 Å². The lowest BCUT2D eigenvalue weighted by molar-refractivity contribution is -0.143. The lowest BCUT2D eigenvalue weighted by Gasteiger charge is -2.06. The fourth-order valence-electron chi connectivity index (χ4n) is 1.28. The zero-order valence-electron chi connectivity index (χ0n) is 10.9. The van der Waals surface area contributed by atoms with E-state index in [0.717, 1.165) is 3.79 Å². The van der Waals surface area contributed by atoms with Gasteiger partial charge in [-0.2, -0.15) is 0 Å². The molecule has 0 saturated heterocycles. The summed E-state index contributed by atoms with van der Waals surface area (Å²) in [5.41, 5.74) is 0. The van der Waals surface area contributed by atoms with Gasteiger partial charge in [-0.1, -0.05) is 0 Å². The molecule has 1 rings (SSSR count). The van der Waals surface area contributed by atoms with Crippen molar-refractivity contribution in [1.29, 1.82) is 0 Å². The largest absolute Gasteiger partial charge is 0.466 e. The van der Waals surface area contributed by atoms with E-state index in [1.807, 2.05) is 0 Å². The molecule has 1 aromatic rings. The molecule has 8 heteroatoms. The number of carbonyl (C=O) groups excluding carboxylic acids is 3. The van der Waals surface area contributed by atoms with Crippen LogP contribution in [0.5, 0.6) is 0 Å². The van der Waals surface area contributed by atoms with Gasteiger partial charge in [-0.15, -0.1) is 11.3 Å². The number of esters is 1. The maximum atomic E-state index is 11.7. The Balaban J connectivity index is 2.20. The Kier molecular flexibility index (Phi) is 7.24. The smallest absolute Gasteiger partial charge is 0.307 e. The molecule has 0 bridgehead atoms. The van der Waals surface area contributed by atoms with Crippen molar-refractivity contribution in [1.82, 2.24) is 10.6 Å². The Morgan fingerprint density at radius 3 is 2.65 bits per heavy atom. The van der Waals surface area contributed by atoms with E-state index in [2.05, 4.69) is 26.6 Å². The van der Waals surface area contributed by atoms with Gasteiger partial charge in [0.2, 0.25) is 5.91 Å². The van der Waals surface area contributed by atoms with E-state index in [1.54, 1.807) is 19.1 Å². The van der Waals surface area contributed by atoms with Crippen molar-refractivity contribution >= 4 is 45.1 Å². The van der Waals surface area contributed by atoms with Crippen molar-refractivity contribution < 1.29 is 19.1 Å². The minimum Gasteiger partial charge on any atom is -0.466 e. The third-order valence-electron chi connectivity index (χ3n) is 2.16. The van der Waals surface area contributed by atoms with Gasteiger partial charge in [0.05, 0.1) is 28.2 Å². The molecule has 2 N–H and O–H groups in total. The first-order chi connectivity index (χ1) is 9.52. The zero-order chi connectivity index (χ0) is 15.0. The highest BCUT2D eigenvalue weighted by Crippen LogP contribution is 2.21. The molecule has 0 aliphatic carbocycles. The molecular formula is C12H15BrN2O4S. The molecule has 0 saturated carbocycles. The predicted molar refractivity (Wildman–Crippen MR) is 78.6 cm³/mol. The Labute approximate surface area is 129 Å². The van der Waals surface area contributed by atoms with Crippen molar-refractivity contribution in [3.05, 3.63) is 20.8 Å². The summed E-state index contributed by atoms with van der Waals surface area (Å²) in [7, 11) is 0. The number of ether oxygens (including phenoxy) is 1. The summed E-state index contributed by atoms with van der Waals surface area (Å²) in [6.45, 7) is 2.10. The van der Waals surface area contributed by atoms with Crippen LogP contribution in [-0.4, -0.2) is 37.5 Å². The molecule has 0 fully saturated rings. The first-order valence-electron chi connectivity index (χ1n) is 5.98. The molecule has 0 radical (unpaired) electrons. The number of nitrogens with one attached hydrogen (secondary N) is 2. The molecule has 1 aromatic heterocycles. The van der Waals surface area contributed by atoms with Gasteiger partial charge in [0, 0.05) is 6.54 Å². The quantitative estimate of drug-likeness (QED) is 0.716. The van der Waals surface area contributed by atoms with Crippen LogP contribution in [0.4, 0.5) is 0 Å². The van der Waals surface area contributed by atoms with Gasteiger partial charge in [-0.05, 0) is 35.0 Å². The van der Waals surface area contributed by atoms with Crippen molar-refractivity contribution in [2.45, 2.75) is 13.3 Å². The van der Waals surface area contributed by atoms with Gasteiger partial charge in [0.15, 0.2) is 0 Å². The fourth-order valence-corrected chi connectivity index (χ4v) is 2.59. The fraction of sp³-hybridized carbons (Fsp3) is 0.417. The van der Waals surface area contributed by atoms with E-state index in [4.69, 9.17) is 4.74 Å². The maximum Gasteiger partial charge on any atom is 0.307 e. The van der Waals surface area contributed by atoms with Crippen molar-refractivity contribution in [3.63, 3.8) is 0 Å². The summed E-state index contributed by atoms with van der Waals surface area (Å²) in [4.78, 5) is 34.6. The molecule has 0 spiro atoms. The minimum atomic E-state index is -0.361. The molecule has 0 atom stereocenters. The zero-order valence-corrected chi connectivity index (χ0v) is 13.3. The van der Waals surface area contributed by atoms with Gasteiger partial charge in [-0.25, -0.2) is 0 Å². The van der Waals surface area contributed by atoms with Crippen LogP contribution in [0.15, 0.2) is 15.9 Å². The SMILES string of the molecule is CCOC(=O)CCNC(=O)CNC(=O)c1ccc(Br)s1. The second kappa shape index (κ2) is 8.70. The van der Waals surface area contributed by atoms with Crippen LogP contribution in [0.1, 0.15) is 23.0 Å². The number of thiophene rings is 1. The highest BCUT2D eigenvalue weighted by atomic mass is 79.9. The van der Waals surface area contributed by atoms with Crippen LogP contribution in [-0.2, 0) is 14.3 Å². The van der Waals surface area contributed by atoms with E-state index in [9.17, 15) is 14.4 Å². The molecule has 110 valence electrons. The van der Waals surface area contributed by atoms with E-state index in [1.165, 1.54) is 11.3 Å². The summed E-state index contributed by atoms with van der Waals surface area (Å²) in [6.07, 6.45) is 0.116. The van der Waals surface area contributed by atoms with Crippen LogP contribution in [0.2, 0.25) is 0 Å². The lowest BCUT2D eigenvalue weighted by atomic mass is 10.4. The normalized spacial score (nSPS) is 9.90. The molecule has 1 heterocycles. The average Bonchev–Trinajstić information content (AvgIpc) is 2.83. The third kappa shape index (κ3) is 6.16. The second-order valence-electron chi connectivity index (χ2n) is 3.69. The van der Waals surface area contributed by atoms with Gasteiger partial charge in [0.25, 0.3) is 5.91 Å². The highest BCUT2D eigenvalue weighted by molar-refractivity contribution is 9.11. The number of amides is 2. The Morgan fingerprint density at radius 1 is 1.30 bits per heavy atom. The van der Waals surface area contributed by atoms with E-state index < -0.39 is 0 Å². The first kappa shape index (κ1) is 16.6. The van der Waals surface area contributed by atoms with Crippen LogP contribution in [0, 0.1) is 0 Å². The predicted octanol–water partition coefficient (Wildman–Crippen LogP) is 1.31. The maximum absolute atomic E-state index is 11.7. The Morgan fingerprint density at radius 2 is 2.05 bits per heavy atom. The molecule has 0 unspecified atom stereocenters. The van der Waals surface area contributed by atoms with Crippen LogP contribution < -0.4 is 10.6 Å². The molecule has 0 aliphatic rings. The van der Waals surface area contributed by atoms with Gasteiger partial charge in [0.1, 0.15) is 0 Å². The second-order valence-corrected chi connectivity index (χ2v) is 6.15. The molecule has 20 heavy (non-hydrogen) atoms. The van der Waals surface area contributed by atoms with Gasteiger partial charge < -0.3 is 15.4 Å². The summed E-state index contributed by atoms with van der Waals surface area (Å²) in [5, 5.41) is 5.02. The summed E-state index contributed by atoms with van der Waals surface area (Å²) < 4.78 is 5.57. The standard InChI is InChI=1S/C12H15BrN2O4S/c1-2-19-11(17)5-6-14-10(16)7-15-12(18)8-3-4-9(13)20-8/h3-4H,2,5-7H2,1H3,(H,14,16)(H,15,18). The summed E-state index contributed by atoms with van der Waals surface area (Å²) >= 11 is 4.54. The molecule has 0 aliphatic heterocycles. The number of hydrogen-bond acceptors (Lipinski definition) is 5. The van der Waals surface area contributed by atoms with Crippen molar-refractivity contribution in [2.24, 2.45) is 0 Å². The third-order valence-corrected chi connectivity index (χ3v) is 3.79. The first-order valence-corrected chi connectivity index (χ1v) is 7.59. The highest BCUT2D eigenvalue weighted by Gasteiger charge is 2.10. The Bertz CT molecular complexity index is 490.